The van der Waals surface area contributed by atoms with Gasteiger partial charge in [0.15, 0.2) is 17.5 Å². The molecule has 0 radical (unpaired) electrons. The summed E-state index contributed by atoms with van der Waals surface area (Å²) in [6, 6.07) is 14.6. The summed E-state index contributed by atoms with van der Waals surface area (Å²) in [5, 5.41) is 51.6. The second-order valence-electron chi connectivity index (χ2n) is 17.6. The van der Waals surface area contributed by atoms with Gasteiger partial charge >= 0.3 is 53.6 Å². The van der Waals surface area contributed by atoms with E-state index in [-0.39, 0.29) is 60.7 Å². The summed E-state index contributed by atoms with van der Waals surface area (Å²) in [6.07, 6.45) is -11.5. The summed E-state index contributed by atoms with van der Waals surface area (Å²) in [5.41, 5.74) is -8.14. The van der Waals surface area contributed by atoms with Crippen molar-refractivity contribution >= 4 is 29.8 Å². The number of carbonyl (C=O) groups is 5. The Labute approximate surface area is 366 Å². The monoisotopic (exact) mass is 831 g/mol. The number of Topliss-reactive ketones (excluding diaryl/α,β-unsaturated/α-hetero) is 1. The predicted molar refractivity (Wildman–Crippen MR) is 205 cm³/mol. The Morgan fingerprint density at radius 3 is 2.10 bits per heavy atom. The molecule has 59 heavy (non-hydrogen) atoms. The maximum Gasteiger partial charge on any atom is 1.00 e. The molecule has 1 aliphatic heterocycles. The molecule has 6 rings (SSSR count). The van der Waals surface area contributed by atoms with Crippen molar-refractivity contribution in [2.75, 3.05) is 6.61 Å². The van der Waals surface area contributed by atoms with E-state index in [4.69, 9.17) is 23.7 Å². The minimum atomic E-state index is -2.35. The van der Waals surface area contributed by atoms with E-state index in [1.54, 1.807) is 83.1 Å². The number of alkyl carbamates (subject to hydrolysis) is 1. The second-order valence-corrected chi connectivity index (χ2v) is 17.6. The molecule has 316 valence electrons. The van der Waals surface area contributed by atoms with Crippen molar-refractivity contribution in [1.82, 2.24) is 5.32 Å². The summed E-state index contributed by atoms with van der Waals surface area (Å²) in [4.78, 5) is 68.9. The van der Waals surface area contributed by atoms with Gasteiger partial charge in [-0.3, -0.25) is 9.59 Å². The molecule has 1 amide bonds. The predicted octanol–water partition coefficient (Wildman–Crippen LogP) is 0.376. The number of nitrogens with one attached hydrogen (secondary N) is 1. The Balaban J connectivity index is 0.00000397. The number of esters is 3. The number of aliphatic hydroxyl groups is 4. The first-order valence-electron chi connectivity index (χ1n) is 19.3. The Hall–Kier alpha value is -3.67. The molecule has 3 aliphatic carbocycles. The van der Waals surface area contributed by atoms with Gasteiger partial charge in [-0.25, -0.2) is 14.4 Å². The summed E-state index contributed by atoms with van der Waals surface area (Å²) in [6.45, 7) is 11.8. The largest absolute Gasteiger partial charge is 1.00 e. The normalized spacial score (nSPS) is 33.1. The van der Waals surface area contributed by atoms with Gasteiger partial charge in [0.2, 0.25) is 0 Å². The number of aliphatic hydroxyl groups excluding tert-OH is 3. The molecule has 5 N–H and O–H groups in total. The third kappa shape index (κ3) is 8.00. The van der Waals surface area contributed by atoms with Gasteiger partial charge in [0, 0.05) is 25.2 Å². The van der Waals surface area contributed by atoms with Gasteiger partial charge in [0.05, 0.1) is 35.6 Å². The van der Waals surface area contributed by atoms with Crippen LogP contribution in [0.1, 0.15) is 91.6 Å². The SMILES string of the molecule is CC(=O)O[C@@]12CO[C@@H]1C[C@H](O)[C@@]1(C)C(=O)[C@H](O)C3=C(C)[C@@H](OC(=O)[C@H](O)[C@@H](NC(=O)OC(C)(C)C)c4ccccc4)C[C@@](O)([C@@H](OC(=O)c4ccccc4)[C@H]21)C3(C)C.[H-].[Na+]. The number of ether oxygens (including phenoxy) is 5. The third-order valence-corrected chi connectivity index (χ3v) is 12.6. The zero-order chi connectivity index (χ0) is 42.7. The zero-order valence-electron chi connectivity index (χ0n) is 35.9. The van der Waals surface area contributed by atoms with Crippen LogP contribution in [0.25, 0.3) is 0 Å². The van der Waals surface area contributed by atoms with Gasteiger partial charge in [-0.2, -0.15) is 0 Å². The molecule has 2 aromatic rings. The molecule has 1 heterocycles. The summed E-state index contributed by atoms with van der Waals surface area (Å²) >= 11 is 0. The van der Waals surface area contributed by atoms with Crippen molar-refractivity contribution in [3.63, 3.8) is 0 Å². The van der Waals surface area contributed by atoms with Crippen LogP contribution in [0, 0.1) is 16.7 Å². The topological polar surface area (TPSA) is 224 Å². The number of rotatable bonds is 8. The Bertz CT molecular complexity index is 1990. The van der Waals surface area contributed by atoms with Crippen molar-refractivity contribution in [3.05, 3.63) is 82.9 Å². The Kier molecular flexibility index (Phi) is 13.1. The average molecular weight is 832 g/mol. The minimum absolute atomic E-state index is 0. The molecule has 3 fully saturated rings. The number of hydrogen-bond donors (Lipinski definition) is 5. The van der Waals surface area contributed by atoms with E-state index in [2.05, 4.69) is 5.32 Å². The van der Waals surface area contributed by atoms with E-state index in [1.807, 2.05) is 0 Å². The molecular formula is C43H54NNaO14. The number of fused-ring (bicyclic) bond motifs is 5. The van der Waals surface area contributed by atoms with Crippen LogP contribution in [-0.2, 0) is 38.1 Å². The Morgan fingerprint density at radius 2 is 1.56 bits per heavy atom. The van der Waals surface area contributed by atoms with E-state index in [9.17, 15) is 44.4 Å². The van der Waals surface area contributed by atoms with Crippen molar-refractivity contribution in [2.24, 2.45) is 16.7 Å². The molecule has 1 saturated heterocycles. The second kappa shape index (κ2) is 16.7. The fourth-order valence-electron chi connectivity index (χ4n) is 9.56. The summed E-state index contributed by atoms with van der Waals surface area (Å²) < 4.78 is 29.5. The van der Waals surface area contributed by atoms with Gasteiger partial charge < -0.3 is 50.9 Å². The number of ketones is 1. The van der Waals surface area contributed by atoms with E-state index in [0.29, 0.717) is 5.56 Å². The molecule has 16 heteroatoms. The van der Waals surface area contributed by atoms with E-state index in [1.165, 1.54) is 26.0 Å². The fourth-order valence-corrected chi connectivity index (χ4v) is 9.56. The van der Waals surface area contributed by atoms with Crippen molar-refractivity contribution in [3.8, 4) is 0 Å². The van der Waals surface area contributed by atoms with Gasteiger partial charge in [-0.05, 0) is 63.5 Å². The molecule has 0 aromatic heterocycles. The smallest absolute Gasteiger partial charge is 1.00 e. The third-order valence-electron chi connectivity index (χ3n) is 12.6. The molecule has 11 atom stereocenters. The number of hydrogen-bond acceptors (Lipinski definition) is 14. The Morgan fingerprint density at radius 1 is 0.966 bits per heavy atom. The molecule has 2 aromatic carbocycles. The van der Waals surface area contributed by atoms with Crippen LogP contribution in [0.3, 0.4) is 0 Å². The molecule has 2 saturated carbocycles. The molecule has 15 nitrogen and oxygen atoms in total. The quantitative estimate of drug-likeness (QED) is 0.105. The maximum atomic E-state index is 14.9. The first kappa shape index (κ1) is 46.4. The minimum Gasteiger partial charge on any atom is -1.00 e. The van der Waals surface area contributed by atoms with E-state index in [0.717, 1.165) is 6.92 Å². The van der Waals surface area contributed by atoms with Crippen LogP contribution >= 0.6 is 0 Å². The van der Waals surface area contributed by atoms with Crippen LogP contribution in [0.2, 0.25) is 0 Å². The van der Waals surface area contributed by atoms with Crippen molar-refractivity contribution in [2.45, 2.75) is 128 Å². The summed E-state index contributed by atoms with van der Waals surface area (Å²) in [5.74, 6) is -5.36. The van der Waals surface area contributed by atoms with Crippen molar-refractivity contribution < 1.29 is 99.1 Å². The molecule has 4 aliphatic rings. The zero-order valence-corrected chi connectivity index (χ0v) is 36.9. The standard InChI is InChI=1S/C43H53NO14.Na.H/c1-22-26(55-37(51)32(48)30(24-15-11-9-12-16-24)44-38(52)58-39(3,4)5)20-43(53)35(56-36(50)25-17-13-10-14-18-25)33-41(8,34(49)31(47)29(22)40(43,6)7)27(46)19-28-42(33,21-54-28)57-23(2)45;;/h9-18,26-28,30-33,35,46-48,53H,19-21H2,1-8H3,(H,44,52);;/q;+1;-1/t26-,27-,28+,30-,31+,32+,33-,35-,41+,42-,43+;;/m0../s1. The van der Waals surface area contributed by atoms with Gasteiger partial charge in [0.25, 0.3) is 0 Å². The van der Waals surface area contributed by atoms with Crippen LogP contribution in [0.5, 0.6) is 0 Å². The van der Waals surface area contributed by atoms with Gasteiger partial charge in [-0.15, -0.1) is 0 Å². The average Bonchev–Trinajstić information content (AvgIpc) is 3.14. The first-order chi connectivity index (χ1) is 27.0. The fraction of sp³-hybridized carbons (Fsp3) is 0.558. The number of amides is 1. The van der Waals surface area contributed by atoms with Gasteiger partial charge in [0.1, 0.15) is 35.6 Å². The molecule has 0 spiro atoms. The maximum absolute atomic E-state index is 14.9. The van der Waals surface area contributed by atoms with Gasteiger partial charge in [-0.1, -0.05) is 62.4 Å². The number of carbonyl (C=O) groups excluding carboxylic acids is 5. The van der Waals surface area contributed by atoms with E-state index >= 15 is 0 Å². The van der Waals surface area contributed by atoms with Crippen LogP contribution in [0.4, 0.5) is 4.79 Å². The van der Waals surface area contributed by atoms with E-state index < -0.39 is 112 Å². The van der Waals surface area contributed by atoms with Crippen LogP contribution in [-0.4, -0.2) is 110 Å². The van der Waals surface area contributed by atoms with Crippen LogP contribution in [0.15, 0.2) is 71.8 Å². The molecular weight excluding hydrogens is 777 g/mol. The summed E-state index contributed by atoms with van der Waals surface area (Å²) in [7, 11) is 0. The molecule has 2 bridgehead atoms. The first-order valence-corrected chi connectivity index (χ1v) is 19.3. The van der Waals surface area contributed by atoms with Crippen molar-refractivity contribution in [1.29, 1.82) is 0 Å². The number of benzene rings is 2. The molecule has 0 unspecified atom stereocenters. The van der Waals surface area contributed by atoms with Crippen LogP contribution < -0.4 is 34.9 Å².